The molecule has 0 radical (unpaired) electrons. The monoisotopic (exact) mass is 326 g/mol. The maximum absolute atomic E-state index is 12.1. The Morgan fingerprint density at radius 1 is 1.24 bits per heavy atom. The zero-order chi connectivity index (χ0) is 15.8. The van der Waals surface area contributed by atoms with E-state index < -0.39 is 15.6 Å². The largest absolute Gasteiger partial charge is 0.506 e. The minimum absolute atomic E-state index is 0.0369. The quantitative estimate of drug-likeness (QED) is 0.665. The Hall–Kier alpha value is -1.85. The summed E-state index contributed by atoms with van der Waals surface area (Å²) in [5.41, 5.74) is 0.276. The molecule has 0 aliphatic carbocycles. The van der Waals surface area contributed by atoms with Gasteiger partial charge in [0.25, 0.3) is 5.91 Å². The third-order valence-corrected chi connectivity index (χ3v) is 3.76. The highest BCUT2D eigenvalue weighted by atomic mass is 32.7. The van der Waals surface area contributed by atoms with Crippen LogP contribution in [0.1, 0.15) is 10.4 Å². The predicted molar refractivity (Wildman–Crippen MR) is 85.9 cm³/mol. The standard InChI is InChI=1S/C13H15N2O4PS/c1-15(2)13(17)10-7-11(14-21(18,19)20)8-5-3-4-6-9(8)12(10)16/h3-7,14,16H,20H2,1-2H3. The summed E-state index contributed by atoms with van der Waals surface area (Å²) in [4.78, 5) is 13.4. The van der Waals surface area contributed by atoms with Crippen molar-refractivity contribution in [1.82, 2.24) is 4.90 Å². The zero-order valence-corrected chi connectivity index (χ0v) is 13.5. The van der Waals surface area contributed by atoms with E-state index in [0.29, 0.717) is 10.8 Å². The van der Waals surface area contributed by atoms with Crippen LogP contribution in [-0.2, 0) is 9.64 Å². The van der Waals surface area contributed by atoms with E-state index >= 15 is 0 Å². The molecule has 21 heavy (non-hydrogen) atoms. The van der Waals surface area contributed by atoms with Gasteiger partial charge in [-0.25, -0.2) is 8.42 Å². The molecule has 0 saturated heterocycles. The second-order valence-corrected chi connectivity index (χ2v) is 7.87. The van der Waals surface area contributed by atoms with E-state index in [1.807, 2.05) is 0 Å². The van der Waals surface area contributed by atoms with E-state index in [-0.39, 0.29) is 17.0 Å². The molecule has 2 aromatic rings. The van der Waals surface area contributed by atoms with E-state index in [4.69, 9.17) is 0 Å². The van der Waals surface area contributed by atoms with E-state index in [1.165, 1.54) is 11.0 Å². The minimum Gasteiger partial charge on any atom is -0.506 e. The Morgan fingerprint density at radius 3 is 2.33 bits per heavy atom. The van der Waals surface area contributed by atoms with Crippen molar-refractivity contribution < 1.29 is 18.3 Å². The maximum Gasteiger partial charge on any atom is 0.257 e. The molecule has 0 heterocycles. The first-order valence-electron chi connectivity index (χ1n) is 5.97. The molecule has 0 saturated carbocycles. The van der Waals surface area contributed by atoms with Crippen molar-refractivity contribution in [3.05, 3.63) is 35.9 Å². The van der Waals surface area contributed by atoms with Crippen molar-refractivity contribution in [1.29, 1.82) is 0 Å². The molecule has 0 bridgehead atoms. The third kappa shape index (κ3) is 3.25. The Morgan fingerprint density at radius 2 is 1.81 bits per heavy atom. The summed E-state index contributed by atoms with van der Waals surface area (Å²) in [7, 11) is 1.21. The van der Waals surface area contributed by atoms with Crippen LogP contribution < -0.4 is 4.72 Å². The topological polar surface area (TPSA) is 86.7 Å². The first-order valence-corrected chi connectivity index (χ1v) is 8.93. The maximum atomic E-state index is 12.1. The van der Waals surface area contributed by atoms with Gasteiger partial charge in [-0.05, 0) is 6.07 Å². The van der Waals surface area contributed by atoms with Crippen LogP contribution in [0, 0.1) is 0 Å². The van der Waals surface area contributed by atoms with Gasteiger partial charge in [0.15, 0.2) is 0 Å². The molecule has 0 fully saturated rings. The van der Waals surface area contributed by atoms with Crippen molar-refractivity contribution in [3.8, 4) is 5.75 Å². The summed E-state index contributed by atoms with van der Waals surface area (Å²) in [6.45, 7) is 0. The Balaban J connectivity index is 2.78. The van der Waals surface area contributed by atoms with Crippen molar-refractivity contribution in [2.45, 2.75) is 0 Å². The molecule has 8 heteroatoms. The van der Waals surface area contributed by atoms with Gasteiger partial charge in [-0.1, -0.05) is 24.3 Å². The molecular formula is C13H15N2O4PS. The molecule has 2 aromatic carbocycles. The van der Waals surface area contributed by atoms with Crippen LogP contribution in [0.3, 0.4) is 0 Å². The highest BCUT2D eigenvalue weighted by Gasteiger charge is 2.19. The van der Waals surface area contributed by atoms with Gasteiger partial charge < -0.3 is 10.0 Å². The predicted octanol–water partition coefficient (Wildman–Crippen LogP) is 1.78. The molecular weight excluding hydrogens is 311 g/mol. The van der Waals surface area contributed by atoms with E-state index in [9.17, 15) is 18.3 Å². The summed E-state index contributed by atoms with van der Waals surface area (Å²) in [5, 5.41) is 11.2. The highest BCUT2D eigenvalue weighted by molar-refractivity contribution is 8.38. The number of hydrogen-bond acceptors (Lipinski definition) is 4. The van der Waals surface area contributed by atoms with Gasteiger partial charge in [-0.3, -0.25) is 9.52 Å². The number of hydrogen-bond donors (Lipinski definition) is 2. The van der Waals surface area contributed by atoms with Crippen molar-refractivity contribution in [2.75, 3.05) is 18.8 Å². The first-order chi connectivity index (χ1) is 9.70. The zero-order valence-electron chi connectivity index (χ0n) is 11.5. The SMILES string of the molecule is CN(C)C(=O)c1cc(NS(=O)(=O)P)c2ccccc2c1O. The molecule has 112 valence electrons. The number of benzene rings is 2. The highest BCUT2D eigenvalue weighted by Crippen LogP contribution is 2.35. The number of nitrogens with one attached hydrogen (secondary N) is 1. The van der Waals surface area contributed by atoms with Crippen LogP contribution in [0.2, 0.25) is 0 Å². The molecule has 1 atom stereocenters. The number of amides is 1. The van der Waals surface area contributed by atoms with Crippen molar-refractivity contribution in [2.24, 2.45) is 0 Å². The van der Waals surface area contributed by atoms with Crippen LogP contribution in [0.15, 0.2) is 30.3 Å². The lowest BCUT2D eigenvalue weighted by Crippen LogP contribution is -2.22. The van der Waals surface area contributed by atoms with Gasteiger partial charge in [0, 0.05) is 33.3 Å². The summed E-state index contributed by atoms with van der Waals surface area (Å²) in [5.74, 6) is -0.585. The second-order valence-electron chi connectivity index (χ2n) is 4.71. The lowest BCUT2D eigenvalue weighted by atomic mass is 10.0. The molecule has 6 nitrogen and oxygen atoms in total. The summed E-state index contributed by atoms with van der Waals surface area (Å²) in [6, 6.07) is 8.04. The molecule has 1 amide bonds. The Bertz CT molecular complexity index is 818. The summed E-state index contributed by atoms with van der Waals surface area (Å²) < 4.78 is 25.2. The Kier molecular flexibility index (Phi) is 4.07. The number of aromatic hydroxyl groups is 1. The van der Waals surface area contributed by atoms with Crippen LogP contribution in [-0.4, -0.2) is 38.4 Å². The minimum atomic E-state index is -3.58. The molecule has 0 aliphatic heterocycles. The average molecular weight is 326 g/mol. The fourth-order valence-electron chi connectivity index (χ4n) is 2.00. The van der Waals surface area contributed by atoms with Gasteiger partial charge >= 0.3 is 0 Å². The van der Waals surface area contributed by atoms with Crippen molar-refractivity contribution in [3.63, 3.8) is 0 Å². The van der Waals surface area contributed by atoms with Crippen molar-refractivity contribution >= 4 is 40.5 Å². The normalized spacial score (nSPS) is 11.4. The molecule has 0 aromatic heterocycles. The number of carbonyl (C=O) groups excluding carboxylic acids is 1. The molecule has 0 spiro atoms. The van der Waals surface area contributed by atoms with E-state index in [2.05, 4.69) is 4.72 Å². The fourth-order valence-corrected chi connectivity index (χ4v) is 2.86. The number of carbonyl (C=O) groups is 1. The number of phenolic OH excluding ortho intramolecular Hbond substituents is 1. The van der Waals surface area contributed by atoms with Gasteiger partial charge in [0.05, 0.1) is 11.3 Å². The first kappa shape index (κ1) is 15.5. The lowest BCUT2D eigenvalue weighted by Gasteiger charge is -2.16. The van der Waals surface area contributed by atoms with E-state index in [1.54, 1.807) is 46.8 Å². The fraction of sp³-hybridized carbons (Fsp3) is 0.154. The van der Waals surface area contributed by atoms with Gasteiger partial charge in [0.1, 0.15) is 5.75 Å². The number of nitrogens with zero attached hydrogens (tertiary/aromatic N) is 1. The molecule has 0 aliphatic rings. The molecule has 2 N–H and O–H groups in total. The Labute approximate surface area is 124 Å². The van der Waals surface area contributed by atoms with E-state index in [0.717, 1.165) is 0 Å². The van der Waals surface area contributed by atoms with Crippen LogP contribution in [0.25, 0.3) is 10.8 Å². The molecule has 1 unspecified atom stereocenters. The smallest absolute Gasteiger partial charge is 0.257 e. The van der Waals surface area contributed by atoms with Gasteiger partial charge in [-0.15, -0.1) is 0 Å². The average Bonchev–Trinajstić information content (AvgIpc) is 2.40. The number of anilines is 1. The van der Waals surface area contributed by atoms with Crippen LogP contribution in [0.5, 0.6) is 5.75 Å². The van der Waals surface area contributed by atoms with Gasteiger partial charge in [-0.2, -0.15) is 0 Å². The summed E-state index contributed by atoms with van der Waals surface area (Å²) in [6.07, 6.45) is 0. The lowest BCUT2D eigenvalue weighted by molar-refractivity contribution is 0.0825. The van der Waals surface area contributed by atoms with Crippen LogP contribution >= 0.6 is 8.44 Å². The molecule has 2 rings (SSSR count). The van der Waals surface area contributed by atoms with Crippen LogP contribution in [0.4, 0.5) is 5.69 Å². The second kappa shape index (κ2) is 5.50. The van der Waals surface area contributed by atoms with Gasteiger partial charge in [0.2, 0.25) is 9.64 Å². The number of phenols is 1. The summed E-state index contributed by atoms with van der Waals surface area (Å²) >= 11 is 0. The number of fused-ring (bicyclic) bond motifs is 1. The number of rotatable bonds is 3. The third-order valence-electron chi connectivity index (χ3n) is 2.90.